The van der Waals surface area contributed by atoms with E-state index in [2.05, 4.69) is 5.10 Å². The number of rotatable bonds is 3. The Balaban J connectivity index is 1.68. The van der Waals surface area contributed by atoms with Gasteiger partial charge in [0, 0.05) is 6.54 Å². The normalized spacial score (nSPS) is 18.7. The van der Waals surface area contributed by atoms with Gasteiger partial charge in [-0.2, -0.15) is 5.10 Å². The number of aromatic nitrogens is 2. The van der Waals surface area contributed by atoms with Crippen LogP contribution in [0.25, 0.3) is 0 Å². The first-order valence-electron chi connectivity index (χ1n) is 7.18. The summed E-state index contributed by atoms with van der Waals surface area (Å²) in [6, 6.07) is 3.68. The second-order valence-electron chi connectivity index (χ2n) is 5.36. The minimum Gasteiger partial charge on any atom is -0.467 e. The number of halogens is 1. The van der Waals surface area contributed by atoms with E-state index in [-0.39, 0.29) is 18.6 Å². The monoisotopic (exact) mass is 323 g/mol. The third-order valence-corrected chi connectivity index (χ3v) is 4.40. The molecule has 0 radical (unpaired) electrons. The van der Waals surface area contributed by atoms with Gasteiger partial charge in [-0.3, -0.25) is 9.48 Å². The highest BCUT2D eigenvalue weighted by molar-refractivity contribution is 6.31. The zero-order valence-corrected chi connectivity index (χ0v) is 13.3. The van der Waals surface area contributed by atoms with E-state index in [1.54, 1.807) is 15.8 Å². The summed E-state index contributed by atoms with van der Waals surface area (Å²) in [6.45, 7) is 5.43. The van der Waals surface area contributed by atoms with Gasteiger partial charge in [0.2, 0.25) is 5.91 Å². The molecule has 0 aromatic carbocycles. The van der Waals surface area contributed by atoms with E-state index in [0.717, 1.165) is 17.1 Å². The molecular formula is C15H18ClN3O3. The third kappa shape index (κ3) is 2.89. The molecule has 1 amide bonds. The molecule has 1 saturated heterocycles. The van der Waals surface area contributed by atoms with Crippen LogP contribution in [0.4, 0.5) is 0 Å². The van der Waals surface area contributed by atoms with Gasteiger partial charge < -0.3 is 14.1 Å². The van der Waals surface area contributed by atoms with Crippen molar-refractivity contribution in [1.82, 2.24) is 14.7 Å². The standard InChI is InChI=1S/C15H18ClN3O3/c1-10-15(16)11(2)19(17-10)9-14(20)18-5-7-22-13(8-18)12-4-3-6-21-12/h3-4,6,13H,5,7-9H2,1-2H3. The summed E-state index contributed by atoms with van der Waals surface area (Å²) in [5, 5.41) is 4.92. The molecule has 3 heterocycles. The van der Waals surface area contributed by atoms with Crippen LogP contribution in [-0.4, -0.2) is 40.3 Å². The zero-order chi connectivity index (χ0) is 15.7. The van der Waals surface area contributed by atoms with Crippen molar-refractivity contribution >= 4 is 17.5 Å². The summed E-state index contributed by atoms with van der Waals surface area (Å²) in [5.41, 5.74) is 1.55. The van der Waals surface area contributed by atoms with Crippen molar-refractivity contribution in [3.8, 4) is 0 Å². The van der Waals surface area contributed by atoms with Gasteiger partial charge in [-0.25, -0.2) is 0 Å². The fourth-order valence-electron chi connectivity index (χ4n) is 2.58. The maximum absolute atomic E-state index is 12.5. The van der Waals surface area contributed by atoms with E-state index in [4.69, 9.17) is 20.8 Å². The van der Waals surface area contributed by atoms with Crippen molar-refractivity contribution in [2.75, 3.05) is 19.7 Å². The number of morpholine rings is 1. The first kappa shape index (κ1) is 15.1. The van der Waals surface area contributed by atoms with Crippen molar-refractivity contribution in [2.24, 2.45) is 0 Å². The van der Waals surface area contributed by atoms with Crippen LogP contribution >= 0.6 is 11.6 Å². The summed E-state index contributed by atoms with van der Waals surface area (Å²) < 4.78 is 12.7. The van der Waals surface area contributed by atoms with Gasteiger partial charge in [-0.05, 0) is 26.0 Å². The number of aryl methyl sites for hydroxylation is 1. The molecule has 2 aromatic heterocycles. The van der Waals surface area contributed by atoms with Crippen LogP contribution in [-0.2, 0) is 16.1 Å². The third-order valence-electron chi connectivity index (χ3n) is 3.86. The van der Waals surface area contributed by atoms with E-state index in [1.807, 2.05) is 26.0 Å². The van der Waals surface area contributed by atoms with Crippen molar-refractivity contribution in [1.29, 1.82) is 0 Å². The highest BCUT2D eigenvalue weighted by Gasteiger charge is 2.27. The van der Waals surface area contributed by atoms with Crippen LogP contribution in [0.2, 0.25) is 5.02 Å². The maximum Gasteiger partial charge on any atom is 0.244 e. The van der Waals surface area contributed by atoms with Crippen LogP contribution in [0.5, 0.6) is 0 Å². The fraction of sp³-hybridized carbons (Fsp3) is 0.467. The van der Waals surface area contributed by atoms with Gasteiger partial charge in [-0.1, -0.05) is 11.6 Å². The molecule has 0 bridgehead atoms. The summed E-state index contributed by atoms with van der Waals surface area (Å²) in [6.07, 6.45) is 1.40. The quantitative estimate of drug-likeness (QED) is 0.870. The summed E-state index contributed by atoms with van der Waals surface area (Å²) in [4.78, 5) is 14.3. The van der Waals surface area contributed by atoms with Crippen LogP contribution in [0.3, 0.4) is 0 Å². The van der Waals surface area contributed by atoms with Crippen molar-refractivity contribution in [3.05, 3.63) is 40.6 Å². The number of ether oxygens (including phenoxy) is 1. The Bertz CT molecular complexity index is 666. The molecule has 2 aromatic rings. The molecule has 0 saturated carbocycles. The summed E-state index contributed by atoms with van der Waals surface area (Å²) in [7, 11) is 0. The molecular weight excluding hydrogens is 306 g/mol. The smallest absolute Gasteiger partial charge is 0.244 e. The van der Waals surface area contributed by atoms with Crippen molar-refractivity contribution < 1.29 is 13.9 Å². The number of nitrogens with zero attached hydrogens (tertiary/aromatic N) is 3. The number of hydrogen-bond donors (Lipinski definition) is 0. The fourth-order valence-corrected chi connectivity index (χ4v) is 2.71. The van der Waals surface area contributed by atoms with Gasteiger partial charge >= 0.3 is 0 Å². The Morgan fingerprint density at radius 3 is 2.95 bits per heavy atom. The van der Waals surface area contributed by atoms with Crippen LogP contribution < -0.4 is 0 Å². The van der Waals surface area contributed by atoms with Crippen LogP contribution in [0.1, 0.15) is 23.3 Å². The molecule has 1 atom stereocenters. The molecule has 7 heteroatoms. The number of hydrogen-bond acceptors (Lipinski definition) is 4. The number of amides is 1. The molecule has 1 aliphatic heterocycles. The largest absolute Gasteiger partial charge is 0.467 e. The minimum atomic E-state index is -0.211. The Morgan fingerprint density at radius 1 is 1.50 bits per heavy atom. The first-order valence-corrected chi connectivity index (χ1v) is 7.56. The van der Waals surface area contributed by atoms with Crippen molar-refractivity contribution in [2.45, 2.75) is 26.5 Å². The molecule has 1 fully saturated rings. The molecule has 0 N–H and O–H groups in total. The highest BCUT2D eigenvalue weighted by Crippen LogP contribution is 2.23. The van der Waals surface area contributed by atoms with E-state index in [0.29, 0.717) is 24.7 Å². The molecule has 0 spiro atoms. The Hall–Kier alpha value is -1.79. The van der Waals surface area contributed by atoms with Gasteiger partial charge in [0.15, 0.2) is 0 Å². The SMILES string of the molecule is Cc1nn(CC(=O)N2CCOC(c3ccco3)C2)c(C)c1Cl. The van der Waals surface area contributed by atoms with Crippen LogP contribution in [0, 0.1) is 13.8 Å². The number of carbonyl (C=O) groups excluding carboxylic acids is 1. The lowest BCUT2D eigenvalue weighted by Gasteiger charge is -2.32. The lowest BCUT2D eigenvalue weighted by atomic mass is 10.2. The predicted octanol–water partition coefficient (Wildman–Crippen LogP) is 2.35. The Kier molecular flexibility index (Phi) is 4.22. The van der Waals surface area contributed by atoms with Crippen molar-refractivity contribution in [3.63, 3.8) is 0 Å². The second kappa shape index (κ2) is 6.14. The van der Waals surface area contributed by atoms with Gasteiger partial charge in [0.05, 0.1) is 35.8 Å². The van der Waals surface area contributed by atoms with Gasteiger partial charge in [0.1, 0.15) is 18.4 Å². The Morgan fingerprint density at radius 2 is 2.32 bits per heavy atom. The highest BCUT2D eigenvalue weighted by atomic mass is 35.5. The lowest BCUT2D eigenvalue weighted by Crippen LogP contribution is -2.43. The minimum absolute atomic E-state index is 0.00197. The first-order chi connectivity index (χ1) is 10.6. The van der Waals surface area contributed by atoms with Gasteiger partial charge in [-0.15, -0.1) is 0 Å². The van der Waals surface area contributed by atoms with E-state index < -0.39 is 0 Å². The van der Waals surface area contributed by atoms with E-state index >= 15 is 0 Å². The Labute approximate surface area is 133 Å². The molecule has 6 nitrogen and oxygen atoms in total. The molecule has 0 aliphatic carbocycles. The number of carbonyl (C=O) groups is 1. The van der Waals surface area contributed by atoms with E-state index in [1.165, 1.54) is 0 Å². The molecule has 22 heavy (non-hydrogen) atoms. The lowest BCUT2D eigenvalue weighted by molar-refractivity contribution is -0.140. The van der Waals surface area contributed by atoms with Gasteiger partial charge in [0.25, 0.3) is 0 Å². The molecule has 3 rings (SSSR count). The predicted molar refractivity (Wildman–Crippen MR) is 80.7 cm³/mol. The van der Waals surface area contributed by atoms with E-state index in [9.17, 15) is 4.79 Å². The number of furan rings is 1. The maximum atomic E-state index is 12.5. The summed E-state index contributed by atoms with van der Waals surface area (Å²) >= 11 is 6.12. The molecule has 118 valence electrons. The average molecular weight is 324 g/mol. The average Bonchev–Trinajstić information content (AvgIpc) is 3.13. The molecule has 1 unspecified atom stereocenters. The second-order valence-corrected chi connectivity index (χ2v) is 5.74. The van der Waals surface area contributed by atoms with Crippen LogP contribution in [0.15, 0.2) is 22.8 Å². The molecule has 1 aliphatic rings. The topological polar surface area (TPSA) is 60.5 Å². The zero-order valence-electron chi connectivity index (χ0n) is 12.6. The summed E-state index contributed by atoms with van der Waals surface area (Å²) in [5.74, 6) is 0.744.